The molecule has 0 radical (unpaired) electrons. The molecule has 1 aliphatic rings. The summed E-state index contributed by atoms with van der Waals surface area (Å²) in [6.45, 7) is 1.07. The van der Waals surface area contributed by atoms with E-state index in [1.807, 2.05) is 4.90 Å². The maximum atomic E-state index is 13.1. The third-order valence-corrected chi connectivity index (χ3v) is 5.59. The van der Waals surface area contributed by atoms with Crippen LogP contribution in [-0.4, -0.2) is 43.2 Å². The third-order valence-electron chi connectivity index (χ3n) is 5.59. The Hall–Kier alpha value is -3.73. The highest BCUT2D eigenvalue weighted by Crippen LogP contribution is 2.18. The van der Waals surface area contributed by atoms with Gasteiger partial charge >= 0.3 is 11.3 Å². The number of aromatic nitrogens is 5. The van der Waals surface area contributed by atoms with E-state index in [4.69, 9.17) is 10.2 Å². The summed E-state index contributed by atoms with van der Waals surface area (Å²) in [7, 11) is 1.53. The molecule has 11 heteroatoms. The van der Waals surface area contributed by atoms with Gasteiger partial charge in [0.1, 0.15) is 11.2 Å². The molecule has 0 bridgehead atoms. The number of nitrogens with one attached hydrogen (secondary N) is 1. The predicted octanol–water partition coefficient (Wildman–Crippen LogP) is -0.0995. The minimum atomic E-state index is -0.694. The molecule has 11 nitrogen and oxygen atoms in total. The van der Waals surface area contributed by atoms with Crippen LogP contribution < -0.4 is 27.5 Å². The number of para-hydroxylation sites is 2. The number of imidazole rings is 1. The largest absolute Gasteiger partial charge is 0.420 e. The Morgan fingerprint density at radius 2 is 2.03 bits per heavy atom. The monoisotopic (exact) mass is 423 g/mol. The van der Waals surface area contributed by atoms with Gasteiger partial charge < -0.3 is 20.0 Å². The first-order chi connectivity index (χ1) is 14.9. The second kappa shape index (κ2) is 7.20. The molecular weight excluding hydrogens is 402 g/mol. The smallest absolute Gasteiger partial charge is 0.360 e. The zero-order valence-electron chi connectivity index (χ0n) is 16.9. The number of aromatic amines is 1. The van der Waals surface area contributed by atoms with Gasteiger partial charge in [-0.15, -0.1) is 0 Å². The fraction of sp³-hybridized carbons (Fsp3) is 0.350. The molecule has 31 heavy (non-hydrogen) atoms. The highest BCUT2D eigenvalue weighted by atomic mass is 16.4. The summed E-state index contributed by atoms with van der Waals surface area (Å²) < 4.78 is 7.51. The molecule has 1 fully saturated rings. The summed E-state index contributed by atoms with van der Waals surface area (Å²) in [6, 6.07) is 6.83. The molecule has 1 unspecified atom stereocenters. The molecule has 1 saturated heterocycles. The molecule has 5 rings (SSSR count). The van der Waals surface area contributed by atoms with Gasteiger partial charge in [-0.1, -0.05) is 12.1 Å². The Kier molecular flexibility index (Phi) is 4.47. The number of aryl methyl sites for hydroxylation is 1. The molecular formula is C20H21N7O4. The van der Waals surface area contributed by atoms with Crippen LogP contribution in [0.4, 0.5) is 5.95 Å². The number of piperidine rings is 1. The van der Waals surface area contributed by atoms with Crippen LogP contribution in [0.2, 0.25) is 0 Å². The normalized spacial score (nSPS) is 17.0. The third kappa shape index (κ3) is 3.22. The Bertz CT molecular complexity index is 1480. The van der Waals surface area contributed by atoms with Crippen molar-refractivity contribution >= 4 is 28.2 Å². The van der Waals surface area contributed by atoms with Crippen LogP contribution in [0.25, 0.3) is 22.3 Å². The summed E-state index contributed by atoms with van der Waals surface area (Å²) in [4.78, 5) is 52.1. The lowest BCUT2D eigenvalue weighted by molar-refractivity contribution is 0.501. The van der Waals surface area contributed by atoms with Gasteiger partial charge in [-0.05, 0) is 25.0 Å². The molecule has 160 valence electrons. The number of nitrogens with zero attached hydrogens (tertiary/aromatic N) is 5. The van der Waals surface area contributed by atoms with Crippen molar-refractivity contribution in [2.45, 2.75) is 25.4 Å². The van der Waals surface area contributed by atoms with E-state index in [-0.39, 0.29) is 29.4 Å². The van der Waals surface area contributed by atoms with E-state index < -0.39 is 16.9 Å². The molecule has 4 aromatic rings. The quantitative estimate of drug-likeness (QED) is 0.465. The van der Waals surface area contributed by atoms with Gasteiger partial charge in [0.25, 0.3) is 5.56 Å². The van der Waals surface area contributed by atoms with Crippen LogP contribution in [0.15, 0.2) is 43.1 Å². The van der Waals surface area contributed by atoms with Crippen molar-refractivity contribution in [3.63, 3.8) is 0 Å². The highest BCUT2D eigenvalue weighted by Gasteiger charge is 2.23. The van der Waals surface area contributed by atoms with E-state index in [1.54, 1.807) is 24.3 Å². The van der Waals surface area contributed by atoms with Crippen LogP contribution in [-0.2, 0) is 13.6 Å². The minimum absolute atomic E-state index is 0.0284. The second-order valence-electron chi connectivity index (χ2n) is 7.76. The van der Waals surface area contributed by atoms with Gasteiger partial charge in [-0.3, -0.25) is 13.9 Å². The number of H-pyrrole nitrogens is 1. The van der Waals surface area contributed by atoms with Crippen LogP contribution in [0.1, 0.15) is 18.5 Å². The lowest BCUT2D eigenvalue weighted by Gasteiger charge is -2.30. The maximum absolute atomic E-state index is 13.1. The summed E-state index contributed by atoms with van der Waals surface area (Å²) in [6.07, 6.45) is 1.86. The van der Waals surface area contributed by atoms with Gasteiger partial charge in [-0.2, -0.15) is 4.98 Å². The number of rotatable bonds is 3. The first kappa shape index (κ1) is 19.2. The summed E-state index contributed by atoms with van der Waals surface area (Å²) in [5.41, 5.74) is 5.39. The molecule has 3 N–H and O–H groups in total. The predicted molar refractivity (Wildman–Crippen MR) is 114 cm³/mol. The molecule has 1 atom stereocenters. The fourth-order valence-corrected chi connectivity index (χ4v) is 3.96. The number of nitrogens with two attached hydrogens (primary N) is 1. The first-order valence-electron chi connectivity index (χ1n) is 10.0. The number of hydrogen-bond acceptors (Lipinski definition) is 8. The molecule has 1 aromatic carbocycles. The second-order valence-corrected chi connectivity index (χ2v) is 7.76. The van der Waals surface area contributed by atoms with Gasteiger partial charge in [0.15, 0.2) is 16.7 Å². The Balaban J connectivity index is 1.61. The Labute approximate surface area is 174 Å². The van der Waals surface area contributed by atoms with E-state index >= 15 is 0 Å². The van der Waals surface area contributed by atoms with Crippen LogP contribution in [0, 0.1) is 0 Å². The van der Waals surface area contributed by atoms with Crippen LogP contribution >= 0.6 is 0 Å². The molecule has 0 saturated carbocycles. The average Bonchev–Trinajstić information content (AvgIpc) is 3.21. The van der Waals surface area contributed by atoms with E-state index in [2.05, 4.69) is 15.0 Å². The number of benzene rings is 1. The number of hydrogen-bond donors (Lipinski definition) is 2. The molecule has 0 aliphatic carbocycles. The molecule has 3 aromatic heterocycles. The van der Waals surface area contributed by atoms with Crippen LogP contribution in [0.3, 0.4) is 0 Å². The molecule has 0 amide bonds. The van der Waals surface area contributed by atoms with Gasteiger partial charge in [0.05, 0.1) is 6.54 Å². The zero-order valence-corrected chi connectivity index (χ0v) is 16.9. The lowest BCUT2D eigenvalue weighted by Crippen LogP contribution is -2.43. The van der Waals surface area contributed by atoms with E-state index in [0.717, 1.165) is 24.0 Å². The van der Waals surface area contributed by atoms with Gasteiger partial charge in [0.2, 0.25) is 5.95 Å². The molecule has 1 aliphatic heterocycles. The number of fused-ring (bicyclic) bond motifs is 2. The first-order valence-corrected chi connectivity index (χ1v) is 10.0. The van der Waals surface area contributed by atoms with Gasteiger partial charge in [-0.25, -0.2) is 14.6 Å². The van der Waals surface area contributed by atoms with Crippen molar-refractivity contribution in [2.24, 2.45) is 12.8 Å². The SMILES string of the molecule is Cn1c(=O)n(Cc2nc3ccccc3oc2=O)c(=O)c2[nH]c(N3CCCC(N)C3)nc21. The van der Waals surface area contributed by atoms with Crippen molar-refractivity contribution in [3.05, 3.63) is 61.2 Å². The molecule has 0 spiro atoms. The summed E-state index contributed by atoms with van der Waals surface area (Å²) in [5, 5.41) is 0. The topological polar surface area (TPSA) is 145 Å². The van der Waals surface area contributed by atoms with E-state index in [1.165, 1.54) is 11.6 Å². The average molecular weight is 423 g/mol. The minimum Gasteiger partial charge on any atom is -0.420 e. The van der Waals surface area contributed by atoms with Crippen molar-refractivity contribution in [2.75, 3.05) is 18.0 Å². The zero-order chi connectivity index (χ0) is 21.7. The lowest BCUT2D eigenvalue weighted by atomic mass is 10.1. The van der Waals surface area contributed by atoms with Crippen molar-refractivity contribution < 1.29 is 4.42 Å². The maximum Gasteiger partial charge on any atom is 0.360 e. The summed E-state index contributed by atoms with van der Waals surface area (Å²) in [5.74, 6) is 0.498. The van der Waals surface area contributed by atoms with E-state index in [9.17, 15) is 14.4 Å². The summed E-state index contributed by atoms with van der Waals surface area (Å²) >= 11 is 0. The van der Waals surface area contributed by atoms with Crippen molar-refractivity contribution in [1.82, 2.24) is 24.1 Å². The standard InChI is InChI=1S/C20H21N7O4/c1-25-16-15(23-19(24-16)26-8-4-5-11(21)9-26)17(28)27(20(25)30)10-13-18(29)31-14-7-3-2-6-12(14)22-13/h2-3,6-7,11H,4-5,8-10,21H2,1H3,(H,23,24). The van der Waals surface area contributed by atoms with E-state index in [0.29, 0.717) is 23.6 Å². The van der Waals surface area contributed by atoms with Crippen molar-refractivity contribution in [1.29, 1.82) is 0 Å². The Morgan fingerprint density at radius 1 is 1.23 bits per heavy atom. The van der Waals surface area contributed by atoms with Crippen molar-refractivity contribution in [3.8, 4) is 0 Å². The number of anilines is 1. The molecule has 4 heterocycles. The van der Waals surface area contributed by atoms with Gasteiger partial charge in [0, 0.05) is 26.2 Å². The highest BCUT2D eigenvalue weighted by molar-refractivity contribution is 5.73. The Morgan fingerprint density at radius 3 is 2.84 bits per heavy atom. The van der Waals surface area contributed by atoms with Crippen LogP contribution in [0.5, 0.6) is 0 Å². The fourth-order valence-electron chi connectivity index (χ4n) is 3.96.